The van der Waals surface area contributed by atoms with Gasteiger partial charge in [0.2, 0.25) is 10.0 Å². The molecule has 0 atom stereocenters. The fourth-order valence-electron chi connectivity index (χ4n) is 1.57. The van der Waals surface area contributed by atoms with Crippen LogP contribution in [0.3, 0.4) is 0 Å². The number of hydrogen-bond donors (Lipinski definition) is 2. The summed E-state index contributed by atoms with van der Waals surface area (Å²) in [7, 11) is -3.18. The summed E-state index contributed by atoms with van der Waals surface area (Å²) in [5.41, 5.74) is 1.16. The van der Waals surface area contributed by atoms with Crippen LogP contribution in [0.2, 0.25) is 0 Å². The second kappa shape index (κ2) is 8.20. The second-order valence-electron chi connectivity index (χ2n) is 4.03. The maximum Gasteiger partial charge on any atom is 0.211 e. The van der Waals surface area contributed by atoms with Crippen LogP contribution in [0.4, 0.5) is 0 Å². The van der Waals surface area contributed by atoms with Crippen molar-refractivity contribution in [2.75, 3.05) is 18.9 Å². The van der Waals surface area contributed by atoms with E-state index in [9.17, 15) is 8.42 Å². The van der Waals surface area contributed by atoms with Gasteiger partial charge in [0.05, 0.1) is 12.4 Å². The van der Waals surface area contributed by atoms with Gasteiger partial charge in [0.15, 0.2) is 0 Å². The lowest BCUT2D eigenvalue weighted by Crippen LogP contribution is -2.28. The molecule has 1 rings (SSSR count). The predicted molar refractivity (Wildman–Crippen MR) is 71.3 cm³/mol. The minimum atomic E-state index is -3.18. The van der Waals surface area contributed by atoms with Gasteiger partial charge < -0.3 is 4.84 Å². The van der Waals surface area contributed by atoms with Gasteiger partial charge >= 0.3 is 0 Å². The third-order valence-electron chi connectivity index (χ3n) is 2.48. The largest absolute Gasteiger partial charge is 0.305 e. The molecule has 6 heteroatoms. The topological polar surface area (TPSA) is 81.4 Å². The van der Waals surface area contributed by atoms with Gasteiger partial charge in [0.1, 0.15) is 0 Å². The smallest absolute Gasteiger partial charge is 0.211 e. The minimum absolute atomic E-state index is 0.144. The van der Waals surface area contributed by atoms with Gasteiger partial charge in [-0.05, 0) is 24.8 Å². The van der Waals surface area contributed by atoms with Crippen LogP contribution in [0.1, 0.15) is 18.4 Å². The molecule has 5 nitrogen and oxygen atoms in total. The first-order valence-corrected chi connectivity index (χ1v) is 7.62. The van der Waals surface area contributed by atoms with E-state index in [-0.39, 0.29) is 5.75 Å². The number of hydrogen-bond acceptors (Lipinski definition) is 4. The Hall–Kier alpha value is -0.950. The highest BCUT2D eigenvalue weighted by molar-refractivity contribution is 7.89. The second-order valence-corrected chi connectivity index (χ2v) is 5.95. The van der Waals surface area contributed by atoms with E-state index in [0.29, 0.717) is 26.0 Å². The molecule has 0 aliphatic heterocycles. The first kappa shape index (κ1) is 15.1. The summed E-state index contributed by atoms with van der Waals surface area (Å²) in [5.74, 6) is 4.99. The third kappa shape index (κ3) is 6.70. The molecule has 1 aromatic carbocycles. The standard InChI is InChI=1S/C12H20N2O3S/c13-17-10-5-9-14-18(15,16)11-4-8-12-6-2-1-3-7-12/h1-3,6-7,14H,4-5,8-11,13H2. The molecule has 102 valence electrons. The first-order valence-electron chi connectivity index (χ1n) is 5.97. The molecule has 0 amide bonds. The van der Waals surface area contributed by atoms with E-state index in [1.54, 1.807) is 0 Å². The van der Waals surface area contributed by atoms with Crippen molar-refractivity contribution in [3.8, 4) is 0 Å². The van der Waals surface area contributed by atoms with Crippen LogP contribution >= 0.6 is 0 Å². The molecule has 0 bridgehead atoms. The molecule has 0 heterocycles. The number of aryl methyl sites for hydroxylation is 1. The Morgan fingerprint density at radius 3 is 2.56 bits per heavy atom. The Labute approximate surface area is 108 Å². The summed E-state index contributed by atoms with van der Waals surface area (Å²) in [6.07, 6.45) is 1.97. The molecule has 0 fully saturated rings. The maximum atomic E-state index is 11.6. The number of sulfonamides is 1. The zero-order valence-electron chi connectivity index (χ0n) is 10.3. The highest BCUT2D eigenvalue weighted by atomic mass is 32.2. The number of benzene rings is 1. The van der Waals surface area contributed by atoms with E-state index in [1.165, 1.54) is 0 Å². The summed E-state index contributed by atoms with van der Waals surface area (Å²) in [4.78, 5) is 4.36. The van der Waals surface area contributed by atoms with E-state index < -0.39 is 10.0 Å². The summed E-state index contributed by atoms with van der Waals surface area (Å²) in [5, 5.41) is 0. The molecule has 0 radical (unpaired) electrons. The summed E-state index contributed by atoms with van der Waals surface area (Å²) in [6.45, 7) is 0.720. The molecule has 0 saturated carbocycles. The van der Waals surface area contributed by atoms with Gasteiger partial charge in [-0.25, -0.2) is 19.0 Å². The molecular weight excluding hydrogens is 252 g/mol. The van der Waals surface area contributed by atoms with Crippen LogP contribution in [-0.2, 0) is 21.3 Å². The van der Waals surface area contributed by atoms with Gasteiger partial charge in [-0.15, -0.1) is 0 Å². The Kier molecular flexibility index (Phi) is 6.89. The molecule has 3 N–H and O–H groups in total. The molecular formula is C12H20N2O3S. The molecule has 0 spiro atoms. The first-order chi connectivity index (χ1) is 8.64. The Bertz CT molecular complexity index is 420. The van der Waals surface area contributed by atoms with Crippen molar-refractivity contribution >= 4 is 10.0 Å². The molecule has 1 aromatic rings. The van der Waals surface area contributed by atoms with E-state index >= 15 is 0 Å². The van der Waals surface area contributed by atoms with Crippen molar-refractivity contribution in [2.45, 2.75) is 19.3 Å². The van der Waals surface area contributed by atoms with Crippen LogP contribution in [0.15, 0.2) is 30.3 Å². The van der Waals surface area contributed by atoms with Crippen molar-refractivity contribution in [1.29, 1.82) is 0 Å². The zero-order valence-corrected chi connectivity index (χ0v) is 11.2. The highest BCUT2D eigenvalue weighted by Crippen LogP contribution is 2.03. The van der Waals surface area contributed by atoms with Gasteiger partial charge in [0.25, 0.3) is 0 Å². The van der Waals surface area contributed by atoms with E-state index in [2.05, 4.69) is 9.56 Å². The molecule has 0 aliphatic rings. The van der Waals surface area contributed by atoms with Crippen molar-refractivity contribution in [1.82, 2.24) is 4.72 Å². The lowest BCUT2D eigenvalue weighted by molar-refractivity contribution is 0.136. The Morgan fingerprint density at radius 2 is 1.89 bits per heavy atom. The summed E-state index contributed by atoms with van der Waals surface area (Å²) < 4.78 is 25.7. The average molecular weight is 272 g/mol. The Morgan fingerprint density at radius 1 is 1.17 bits per heavy atom. The zero-order chi connectivity index (χ0) is 13.3. The van der Waals surface area contributed by atoms with Crippen LogP contribution < -0.4 is 10.6 Å². The maximum absolute atomic E-state index is 11.6. The lowest BCUT2D eigenvalue weighted by atomic mass is 10.1. The SMILES string of the molecule is NOCCCNS(=O)(=O)CCCc1ccccc1. The normalized spacial score (nSPS) is 11.6. The van der Waals surface area contributed by atoms with Crippen molar-refractivity contribution in [3.05, 3.63) is 35.9 Å². The van der Waals surface area contributed by atoms with Crippen LogP contribution in [0, 0.1) is 0 Å². The number of nitrogens with two attached hydrogens (primary N) is 1. The van der Waals surface area contributed by atoms with Gasteiger partial charge in [-0.2, -0.15) is 0 Å². The molecule has 0 saturated heterocycles. The summed E-state index contributed by atoms with van der Waals surface area (Å²) in [6, 6.07) is 9.85. The highest BCUT2D eigenvalue weighted by Gasteiger charge is 2.08. The van der Waals surface area contributed by atoms with E-state index in [1.807, 2.05) is 30.3 Å². The van der Waals surface area contributed by atoms with Crippen LogP contribution in [-0.4, -0.2) is 27.3 Å². The fraction of sp³-hybridized carbons (Fsp3) is 0.500. The molecule has 0 unspecified atom stereocenters. The van der Waals surface area contributed by atoms with Crippen molar-refractivity contribution in [3.63, 3.8) is 0 Å². The van der Waals surface area contributed by atoms with Crippen molar-refractivity contribution < 1.29 is 13.3 Å². The monoisotopic (exact) mass is 272 g/mol. The van der Waals surface area contributed by atoms with Crippen LogP contribution in [0.5, 0.6) is 0 Å². The van der Waals surface area contributed by atoms with Gasteiger partial charge in [-0.1, -0.05) is 30.3 Å². The quantitative estimate of drug-likeness (QED) is 0.515. The third-order valence-corrected chi connectivity index (χ3v) is 3.95. The van der Waals surface area contributed by atoms with Gasteiger partial charge in [-0.3, -0.25) is 0 Å². The average Bonchev–Trinajstić information content (AvgIpc) is 2.36. The van der Waals surface area contributed by atoms with E-state index in [0.717, 1.165) is 12.0 Å². The summed E-state index contributed by atoms with van der Waals surface area (Å²) >= 11 is 0. The Balaban J connectivity index is 2.21. The minimum Gasteiger partial charge on any atom is -0.305 e. The van der Waals surface area contributed by atoms with Gasteiger partial charge in [0, 0.05) is 6.54 Å². The van der Waals surface area contributed by atoms with Crippen molar-refractivity contribution in [2.24, 2.45) is 5.90 Å². The fourth-order valence-corrected chi connectivity index (χ4v) is 2.69. The van der Waals surface area contributed by atoms with Crippen LogP contribution in [0.25, 0.3) is 0 Å². The molecule has 0 aromatic heterocycles. The predicted octanol–water partition coefficient (Wildman–Crippen LogP) is 0.819. The lowest BCUT2D eigenvalue weighted by Gasteiger charge is -2.06. The molecule has 18 heavy (non-hydrogen) atoms. The number of rotatable bonds is 9. The van der Waals surface area contributed by atoms with E-state index in [4.69, 9.17) is 5.90 Å². The molecule has 0 aliphatic carbocycles. The number of nitrogens with one attached hydrogen (secondary N) is 1.